The van der Waals surface area contributed by atoms with E-state index >= 15 is 0 Å². The maximum atomic E-state index is 12.3. The first-order valence-electron chi connectivity index (χ1n) is 7.93. The van der Waals surface area contributed by atoms with Gasteiger partial charge in [-0.05, 0) is 25.0 Å². The Hall–Kier alpha value is -1.59. The molecule has 0 bridgehead atoms. The highest BCUT2D eigenvalue weighted by Crippen LogP contribution is 2.30. The summed E-state index contributed by atoms with van der Waals surface area (Å²) in [5.74, 6) is 0.337. The van der Waals surface area contributed by atoms with E-state index in [1.165, 1.54) is 0 Å². The number of rotatable bonds is 3. The molecule has 3 rings (SSSR count). The lowest BCUT2D eigenvalue weighted by Gasteiger charge is -2.43. The van der Waals surface area contributed by atoms with Gasteiger partial charge in [0, 0.05) is 25.9 Å². The summed E-state index contributed by atoms with van der Waals surface area (Å²) < 4.78 is 17.2. The number of piperidine rings is 1. The van der Waals surface area contributed by atoms with Gasteiger partial charge >= 0.3 is 0 Å². The first-order valence-corrected chi connectivity index (χ1v) is 7.93. The Labute approximate surface area is 131 Å². The Balaban J connectivity index is 1.49. The van der Waals surface area contributed by atoms with Crippen LogP contribution in [0.3, 0.4) is 0 Å². The van der Waals surface area contributed by atoms with Crippen molar-refractivity contribution >= 4 is 5.91 Å². The number of carbonyl (C=O) groups is 1. The number of carbonyl (C=O) groups excluding carboxylic acids is 1. The fraction of sp³-hybridized carbons (Fsp3) is 0.588. The number of benzene rings is 1. The number of aryl methyl sites for hydroxylation is 1. The molecule has 0 aromatic heterocycles. The largest absolute Gasteiger partial charge is 0.484 e. The molecule has 0 unspecified atom stereocenters. The van der Waals surface area contributed by atoms with Gasteiger partial charge in [0.2, 0.25) is 0 Å². The van der Waals surface area contributed by atoms with Gasteiger partial charge < -0.3 is 19.1 Å². The highest BCUT2D eigenvalue weighted by molar-refractivity contribution is 5.77. The van der Waals surface area contributed by atoms with Crippen LogP contribution in [0.5, 0.6) is 5.75 Å². The maximum absolute atomic E-state index is 12.3. The summed E-state index contributed by atoms with van der Waals surface area (Å²) in [5.41, 5.74) is 1.04. The minimum absolute atomic E-state index is 0.0221. The predicted octanol–water partition coefficient (Wildman–Crippen LogP) is 2.13. The molecule has 5 nitrogen and oxygen atoms in total. The van der Waals surface area contributed by atoms with Crippen LogP contribution in [0.4, 0.5) is 0 Å². The number of hydrogen-bond donors (Lipinski definition) is 0. The Morgan fingerprint density at radius 3 is 2.59 bits per heavy atom. The van der Waals surface area contributed by atoms with E-state index in [-0.39, 0.29) is 12.5 Å². The first kappa shape index (κ1) is 15.3. The van der Waals surface area contributed by atoms with Crippen molar-refractivity contribution < 1.29 is 19.0 Å². The van der Waals surface area contributed by atoms with Crippen LogP contribution in [0.1, 0.15) is 24.8 Å². The smallest absolute Gasteiger partial charge is 0.260 e. The average molecular weight is 305 g/mol. The molecule has 0 radical (unpaired) electrons. The highest BCUT2D eigenvalue weighted by Gasteiger charge is 2.39. The van der Waals surface area contributed by atoms with Crippen molar-refractivity contribution in [1.29, 1.82) is 0 Å². The fourth-order valence-corrected chi connectivity index (χ4v) is 2.95. The molecular formula is C17H23NO4. The summed E-state index contributed by atoms with van der Waals surface area (Å²) in [7, 11) is 0. The van der Waals surface area contributed by atoms with E-state index in [9.17, 15) is 4.79 Å². The van der Waals surface area contributed by atoms with Crippen LogP contribution in [0.25, 0.3) is 0 Å². The zero-order chi connectivity index (χ0) is 15.4. The lowest BCUT2D eigenvalue weighted by Crippen LogP contribution is -2.52. The van der Waals surface area contributed by atoms with Crippen molar-refractivity contribution in [3.63, 3.8) is 0 Å². The molecule has 2 aliphatic rings. The average Bonchev–Trinajstić information content (AvgIpc) is 2.55. The summed E-state index contributed by atoms with van der Waals surface area (Å²) >= 11 is 0. The molecule has 1 amide bonds. The Morgan fingerprint density at radius 1 is 1.23 bits per heavy atom. The van der Waals surface area contributed by atoms with Gasteiger partial charge in [-0.1, -0.05) is 18.2 Å². The summed E-state index contributed by atoms with van der Waals surface area (Å²) in [6, 6.07) is 7.73. The van der Waals surface area contributed by atoms with Crippen molar-refractivity contribution in [1.82, 2.24) is 4.90 Å². The minimum atomic E-state index is -0.452. The molecule has 0 N–H and O–H groups in total. The minimum Gasteiger partial charge on any atom is -0.484 e. The van der Waals surface area contributed by atoms with E-state index in [1.807, 2.05) is 36.1 Å². The highest BCUT2D eigenvalue weighted by atomic mass is 16.7. The molecule has 1 spiro atoms. The van der Waals surface area contributed by atoms with E-state index in [0.29, 0.717) is 13.1 Å². The molecule has 2 heterocycles. The summed E-state index contributed by atoms with van der Waals surface area (Å²) in [5, 5.41) is 0. The van der Waals surface area contributed by atoms with Crippen molar-refractivity contribution in [3.8, 4) is 5.75 Å². The van der Waals surface area contributed by atoms with Crippen molar-refractivity contribution in [2.75, 3.05) is 32.9 Å². The third kappa shape index (κ3) is 3.42. The molecule has 2 aliphatic heterocycles. The first-order chi connectivity index (χ1) is 10.7. The Bertz CT molecular complexity index is 515. The molecule has 120 valence electrons. The number of ether oxygens (including phenoxy) is 3. The van der Waals surface area contributed by atoms with Gasteiger partial charge in [0.25, 0.3) is 5.91 Å². The lowest BCUT2D eigenvalue weighted by atomic mass is 10.0. The number of nitrogens with zero attached hydrogens (tertiary/aromatic N) is 1. The number of para-hydroxylation sites is 1. The van der Waals surface area contributed by atoms with E-state index in [1.54, 1.807) is 0 Å². The SMILES string of the molecule is Cc1ccccc1OCC(=O)N1CCC2(CC1)OCCCO2. The monoisotopic (exact) mass is 305 g/mol. The summed E-state index contributed by atoms with van der Waals surface area (Å²) in [4.78, 5) is 14.1. The third-order valence-electron chi connectivity index (χ3n) is 4.34. The number of likely N-dealkylation sites (tertiary alicyclic amines) is 1. The van der Waals surface area contributed by atoms with Gasteiger partial charge in [-0.15, -0.1) is 0 Å². The van der Waals surface area contributed by atoms with Crippen LogP contribution < -0.4 is 4.74 Å². The molecule has 2 fully saturated rings. The third-order valence-corrected chi connectivity index (χ3v) is 4.34. The lowest BCUT2D eigenvalue weighted by molar-refractivity contribution is -0.282. The predicted molar refractivity (Wildman–Crippen MR) is 81.7 cm³/mol. The van der Waals surface area contributed by atoms with Crippen LogP contribution in [0, 0.1) is 6.92 Å². The molecule has 1 aromatic rings. The fourth-order valence-electron chi connectivity index (χ4n) is 2.95. The van der Waals surface area contributed by atoms with Crippen molar-refractivity contribution in [2.45, 2.75) is 32.0 Å². The van der Waals surface area contributed by atoms with Crippen molar-refractivity contribution in [3.05, 3.63) is 29.8 Å². The topological polar surface area (TPSA) is 48.0 Å². The second-order valence-electron chi connectivity index (χ2n) is 5.90. The van der Waals surface area contributed by atoms with Crippen LogP contribution in [0.15, 0.2) is 24.3 Å². The summed E-state index contributed by atoms with van der Waals surface area (Å²) in [6.07, 6.45) is 2.43. The maximum Gasteiger partial charge on any atom is 0.260 e. The van der Waals surface area contributed by atoms with Crippen LogP contribution >= 0.6 is 0 Å². The normalized spacial score (nSPS) is 20.9. The quantitative estimate of drug-likeness (QED) is 0.858. The molecule has 0 saturated carbocycles. The van der Waals surface area contributed by atoms with Gasteiger partial charge in [-0.2, -0.15) is 0 Å². The second-order valence-corrected chi connectivity index (χ2v) is 5.90. The van der Waals surface area contributed by atoms with Gasteiger partial charge in [-0.3, -0.25) is 4.79 Å². The summed E-state index contributed by atoms with van der Waals surface area (Å²) in [6.45, 7) is 4.89. The standard InChI is InChI=1S/C17H23NO4/c1-14-5-2-3-6-15(14)20-13-16(19)18-9-7-17(8-10-18)21-11-4-12-22-17/h2-3,5-6H,4,7-13H2,1H3. The Kier molecular flexibility index (Phi) is 4.64. The zero-order valence-corrected chi connectivity index (χ0v) is 13.0. The molecular weight excluding hydrogens is 282 g/mol. The number of amides is 1. The van der Waals surface area contributed by atoms with Gasteiger partial charge in [0.15, 0.2) is 12.4 Å². The van der Waals surface area contributed by atoms with Gasteiger partial charge in [0.1, 0.15) is 5.75 Å². The molecule has 2 saturated heterocycles. The second kappa shape index (κ2) is 6.67. The Morgan fingerprint density at radius 2 is 1.91 bits per heavy atom. The molecule has 1 aromatic carbocycles. The molecule has 0 atom stereocenters. The molecule has 5 heteroatoms. The van der Waals surface area contributed by atoms with E-state index in [4.69, 9.17) is 14.2 Å². The van der Waals surface area contributed by atoms with Crippen LogP contribution in [-0.4, -0.2) is 49.5 Å². The van der Waals surface area contributed by atoms with E-state index in [2.05, 4.69) is 0 Å². The van der Waals surface area contributed by atoms with Crippen molar-refractivity contribution in [2.24, 2.45) is 0 Å². The van der Waals surface area contributed by atoms with E-state index in [0.717, 1.165) is 43.8 Å². The molecule has 0 aliphatic carbocycles. The molecule has 22 heavy (non-hydrogen) atoms. The van der Waals surface area contributed by atoms with Gasteiger partial charge in [-0.25, -0.2) is 0 Å². The van der Waals surface area contributed by atoms with Crippen LogP contribution in [0.2, 0.25) is 0 Å². The van der Waals surface area contributed by atoms with E-state index < -0.39 is 5.79 Å². The van der Waals surface area contributed by atoms with Gasteiger partial charge in [0.05, 0.1) is 13.2 Å². The van der Waals surface area contributed by atoms with Crippen LogP contribution in [-0.2, 0) is 14.3 Å². The zero-order valence-electron chi connectivity index (χ0n) is 13.0. The number of hydrogen-bond acceptors (Lipinski definition) is 4.